The standard InChI is InChI=1S/C25H30N8O2/c1-16-4-7-22(17-5-6-18-15-32(9-8-31(2)3)30-20(18)10-17)33(14-16)25(35)24(34)28-21-13-26-11-19-12-27-29-23(19)21/h5-6,10-13,15-16,22H,4,7-9,14H2,1-3H3,(H,27,29)(H,28,34)/t16-,22+/m0/s1. The van der Waals surface area contributed by atoms with Gasteiger partial charge in [0.2, 0.25) is 0 Å². The highest BCUT2D eigenvalue weighted by molar-refractivity contribution is 6.40. The van der Waals surface area contributed by atoms with Crippen LogP contribution in [-0.4, -0.2) is 73.8 Å². The molecule has 2 amide bonds. The minimum atomic E-state index is -0.679. The predicted octanol–water partition coefficient (Wildman–Crippen LogP) is 2.81. The second-order valence-corrected chi connectivity index (χ2v) is 9.64. The number of likely N-dealkylation sites (N-methyl/N-ethyl adjacent to an activating group) is 1. The number of piperidine rings is 1. The van der Waals surface area contributed by atoms with Crippen molar-refractivity contribution in [3.05, 3.63) is 48.5 Å². The maximum Gasteiger partial charge on any atom is 0.314 e. The Labute approximate surface area is 203 Å². The number of fused-ring (bicyclic) bond motifs is 2. The van der Waals surface area contributed by atoms with Crippen LogP contribution in [0.5, 0.6) is 0 Å². The summed E-state index contributed by atoms with van der Waals surface area (Å²) in [5.41, 5.74) is 2.97. The Morgan fingerprint density at radius 3 is 2.86 bits per heavy atom. The van der Waals surface area contributed by atoms with Crippen molar-refractivity contribution < 1.29 is 9.59 Å². The molecule has 0 saturated carbocycles. The number of hydrogen-bond acceptors (Lipinski definition) is 6. The van der Waals surface area contributed by atoms with Crippen molar-refractivity contribution in [1.29, 1.82) is 0 Å². The molecule has 1 aliphatic heterocycles. The third-order valence-electron chi connectivity index (χ3n) is 6.62. The molecule has 4 aromatic rings. The quantitative estimate of drug-likeness (QED) is 0.430. The number of hydrogen-bond donors (Lipinski definition) is 2. The van der Waals surface area contributed by atoms with Gasteiger partial charge in [0.25, 0.3) is 0 Å². The highest BCUT2D eigenvalue weighted by Gasteiger charge is 2.34. The fourth-order valence-corrected chi connectivity index (χ4v) is 4.70. The molecule has 2 N–H and O–H groups in total. The zero-order valence-corrected chi connectivity index (χ0v) is 20.2. The van der Waals surface area contributed by atoms with Crippen molar-refractivity contribution in [1.82, 2.24) is 34.8 Å². The van der Waals surface area contributed by atoms with Gasteiger partial charge in [-0.3, -0.25) is 24.4 Å². The van der Waals surface area contributed by atoms with Crippen LogP contribution >= 0.6 is 0 Å². The van der Waals surface area contributed by atoms with Gasteiger partial charge in [-0.2, -0.15) is 10.2 Å². The van der Waals surface area contributed by atoms with Gasteiger partial charge in [0.15, 0.2) is 0 Å². The first-order chi connectivity index (χ1) is 16.9. The molecule has 0 spiro atoms. The summed E-state index contributed by atoms with van der Waals surface area (Å²) in [6, 6.07) is 5.97. The Bertz CT molecular complexity index is 1370. The Morgan fingerprint density at radius 1 is 1.17 bits per heavy atom. The number of H-pyrrole nitrogens is 1. The molecule has 0 bridgehead atoms. The molecule has 10 heteroatoms. The number of carbonyl (C=O) groups is 2. The minimum Gasteiger partial charge on any atom is -0.327 e. The molecule has 0 aliphatic carbocycles. The summed E-state index contributed by atoms with van der Waals surface area (Å²) in [4.78, 5) is 34.3. The molecule has 4 heterocycles. The first-order valence-electron chi connectivity index (χ1n) is 11.9. The summed E-state index contributed by atoms with van der Waals surface area (Å²) >= 11 is 0. The largest absolute Gasteiger partial charge is 0.327 e. The van der Waals surface area contributed by atoms with Crippen LogP contribution in [0, 0.1) is 5.92 Å². The summed E-state index contributed by atoms with van der Waals surface area (Å²) in [5, 5.41) is 16.1. The van der Waals surface area contributed by atoms with E-state index in [-0.39, 0.29) is 6.04 Å². The number of rotatable bonds is 5. The molecule has 0 radical (unpaired) electrons. The van der Waals surface area contributed by atoms with E-state index in [1.807, 2.05) is 31.0 Å². The van der Waals surface area contributed by atoms with Crippen molar-refractivity contribution in [2.45, 2.75) is 32.4 Å². The SMILES string of the molecule is C[C@H]1CC[C@H](c2ccc3cn(CCN(C)C)nc3c2)N(C(=O)C(=O)Nc2cncc3cn[nH]c23)C1. The van der Waals surface area contributed by atoms with Gasteiger partial charge in [0.1, 0.15) is 0 Å². The Hall–Kier alpha value is -3.79. The van der Waals surface area contributed by atoms with Crippen molar-refractivity contribution in [2.75, 3.05) is 32.5 Å². The van der Waals surface area contributed by atoms with E-state index in [9.17, 15) is 9.59 Å². The number of carbonyl (C=O) groups excluding carboxylic acids is 2. The van der Waals surface area contributed by atoms with E-state index in [0.29, 0.717) is 23.7 Å². The number of anilines is 1. The number of nitrogens with one attached hydrogen (secondary N) is 2. The molecule has 2 atom stereocenters. The normalized spacial score (nSPS) is 18.5. The number of nitrogens with zero attached hydrogens (tertiary/aromatic N) is 6. The maximum absolute atomic E-state index is 13.4. The summed E-state index contributed by atoms with van der Waals surface area (Å²) in [5.74, 6) is -0.911. The number of aromatic amines is 1. The third-order valence-corrected chi connectivity index (χ3v) is 6.62. The van der Waals surface area contributed by atoms with E-state index in [1.165, 1.54) is 6.20 Å². The van der Waals surface area contributed by atoms with Gasteiger partial charge in [-0.05, 0) is 44.5 Å². The minimum absolute atomic E-state index is 0.179. The molecular formula is C25H30N8O2. The molecule has 0 unspecified atom stereocenters. The van der Waals surface area contributed by atoms with Crippen molar-refractivity contribution >= 4 is 39.3 Å². The van der Waals surface area contributed by atoms with Gasteiger partial charge in [-0.25, -0.2) is 0 Å². The van der Waals surface area contributed by atoms with Crippen molar-refractivity contribution in [3.63, 3.8) is 0 Å². The zero-order chi connectivity index (χ0) is 24.5. The number of pyridine rings is 1. The van der Waals surface area contributed by atoms with Crippen LogP contribution in [0.1, 0.15) is 31.4 Å². The van der Waals surface area contributed by atoms with Gasteiger partial charge < -0.3 is 15.1 Å². The summed E-state index contributed by atoms with van der Waals surface area (Å²) < 4.78 is 1.96. The molecule has 3 aromatic heterocycles. The number of amides is 2. The summed E-state index contributed by atoms with van der Waals surface area (Å²) in [6.45, 7) is 4.35. The molecule has 35 heavy (non-hydrogen) atoms. The van der Waals surface area contributed by atoms with Crippen LogP contribution in [0.4, 0.5) is 5.69 Å². The Kier molecular flexibility index (Phi) is 6.21. The second kappa shape index (κ2) is 9.46. The average molecular weight is 475 g/mol. The maximum atomic E-state index is 13.4. The van der Waals surface area contributed by atoms with Gasteiger partial charge in [0, 0.05) is 36.3 Å². The van der Waals surface area contributed by atoms with Gasteiger partial charge in [-0.1, -0.05) is 19.1 Å². The number of aromatic nitrogens is 5. The third kappa shape index (κ3) is 4.74. The average Bonchev–Trinajstić information content (AvgIpc) is 3.49. The zero-order valence-electron chi connectivity index (χ0n) is 20.2. The summed E-state index contributed by atoms with van der Waals surface area (Å²) in [6.07, 6.45) is 8.62. The van der Waals surface area contributed by atoms with E-state index in [0.717, 1.165) is 47.8 Å². The lowest BCUT2D eigenvalue weighted by molar-refractivity contribution is -0.146. The molecule has 10 nitrogen and oxygen atoms in total. The molecule has 1 saturated heterocycles. The van der Waals surface area contributed by atoms with Crippen LogP contribution in [0.15, 0.2) is 43.0 Å². The molecule has 1 aromatic carbocycles. The van der Waals surface area contributed by atoms with Crippen LogP contribution in [-0.2, 0) is 16.1 Å². The van der Waals surface area contributed by atoms with E-state index in [2.05, 4.69) is 44.5 Å². The molecule has 1 fully saturated rings. The van der Waals surface area contributed by atoms with E-state index in [4.69, 9.17) is 5.10 Å². The lowest BCUT2D eigenvalue weighted by Gasteiger charge is -2.38. The predicted molar refractivity (Wildman–Crippen MR) is 134 cm³/mol. The van der Waals surface area contributed by atoms with Crippen LogP contribution in [0.2, 0.25) is 0 Å². The topological polar surface area (TPSA) is 112 Å². The molecule has 1 aliphatic rings. The van der Waals surface area contributed by atoms with Gasteiger partial charge >= 0.3 is 11.8 Å². The van der Waals surface area contributed by atoms with Crippen LogP contribution in [0.3, 0.4) is 0 Å². The summed E-state index contributed by atoms with van der Waals surface area (Å²) in [7, 11) is 4.08. The smallest absolute Gasteiger partial charge is 0.314 e. The number of benzene rings is 1. The second-order valence-electron chi connectivity index (χ2n) is 9.64. The first-order valence-corrected chi connectivity index (χ1v) is 11.9. The van der Waals surface area contributed by atoms with Crippen molar-refractivity contribution in [3.8, 4) is 0 Å². The molecule has 182 valence electrons. The fraction of sp³-hybridized carbons (Fsp3) is 0.400. The Morgan fingerprint density at radius 2 is 2.03 bits per heavy atom. The van der Waals surface area contributed by atoms with Gasteiger partial charge in [-0.15, -0.1) is 0 Å². The molecule has 5 rings (SSSR count). The van der Waals surface area contributed by atoms with E-state index in [1.54, 1.807) is 17.3 Å². The highest BCUT2D eigenvalue weighted by Crippen LogP contribution is 2.34. The monoisotopic (exact) mass is 474 g/mol. The van der Waals surface area contributed by atoms with Crippen LogP contribution < -0.4 is 5.32 Å². The van der Waals surface area contributed by atoms with Gasteiger partial charge in [0.05, 0.1) is 41.7 Å². The van der Waals surface area contributed by atoms with E-state index < -0.39 is 11.8 Å². The Balaban J connectivity index is 1.38. The van der Waals surface area contributed by atoms with E-state index >= 15 is 0 Å². The molecular weight excluding hydrogens is 444 g/mol. The fourth-order valence-electron chi connectivity index (χ4n) is 4.70. The number of likely N-dealkylation sites (tertiary alicyclic amines) is 1. The van der Waals surface area contributed by atoms with Crippen LogP contribution in [0.25, 0.3) is 21.8 Å². The highest BCUT2D eigenvalue weighted by atomic mass is 16.2. The first kappa shape index (κ1) is 23.0. The van der Waals surface area contributed by atoms with Crippen molar-refractivity contribution in [2.24, 2.45) is 5.92 Å². The lowest BCUT2D eigenvalue weighted by Crippen LogP contribution is -2.46. The lowest BCUT2D eigenvalue weighted by atomic mass is 9.89.